The summed E-state index contributed by atoms with van der Waals surface area (Å²) in [6, 6.07) is 0. The van der Waals surface area contributed by atoms with Gasteiger partial charge in [-0.25, -0.2) is 0 Å². The largest absolute Gasteiger partial charge is 0.370 e. The number of nitrogens with two attached hydrogens (primary N) is 4. The lowest BCUT2D eigenvalue weighted by Crippen LogP contribution is -2.25. The van der Waals surface area contributed by atoms with E-state index < -0.39 is 5.92 Å². The van der Waals surface area contributed by atoms with Crippen molar-refractivity contribution < 1.29 is 24.0 Å². The van der Waals surface area contributed by atoms with Gasteiger partial charge in [-0.2, -0.15) is 0 Å². The zero-order chi connectivity index (χ0) is 31.9. The van der Waals surface area contributed by atoms with Gasteiger partial charge in [-0.3, -0.25) is 34.0 Å². The predicted molar refractivity (Wildman–Crippen MR) is 167 cm³/mol. The van der Waals surface area contributed by atoms with Crippen molar-refractivity contribution in [3.63, 3.8) is 0 Å². The van der Waals surface area contributed by atoms with Crippen LogP contribution in [-0.2, 0) is 24.0 Å². The average molecular weight is 594 g/mol. The van der Waals surface area contributed by atoms with Crippen LogP contribution in [0.25, 0.3) is 0 Å². The fourth-order valence-corrected chi connectivity index (χ4v) is 4.86. The summed E-state index contributed by atoms with van der Waals surface area (Å²) in [5, 5.41) is 3.07. The molecule has 0 rings (SSSR count). The first-order valence-electron chi connectivity index (χ1n) is 15.3. The molecule has 0 fully saturated rings. The summed E-state index contributed by atoms with van der Waals surface area (Å²) in [4.78, 5) is 71.1. The van der Waals surface area contributed by atoms with Crippen LogP contribution in [0.15, 0.2) is 9.98 Å². The van der Waals surface area contributed by atoms with E-state index in [9.17, 15) is 24.0 Å². The molecule has 12 nitrogen and oxygen atoms in total. The minimum absolute atomic E-state index is 0.00491. The van der Waals surface area contributed by atoms with Crippen LogP contribution < -0.4 is 28.3 Å². The first-order valence-corrected chi connectivity index (χ1v) is 15.3. The summed E-state index contributed by atoms with van der Waals surface area (Å²) >= 11 is 0. The fourth-order valence-electron chi connectivity index (χ4n) is 4.86. The standard InChI is InChI=1S/C30H55N7O5/c1-4-22(10-7-17-36-29(31)32)27(41)15-14-25(39)12-13-26(40)19-24(11-8-18-37-30(33)34)28(42)20-23(21(2)38)9-5-6-16-35-3/h22-24,35H,4-20H2,1-3H3,(H4,31,32,36)(H4,33,34,37). The Morgan fingerprint density at radius 3 is 1.69 bits per heavy atom. The number of aliphatic imine (C=N–C) groups is 2. The van der Waals surface area contributed by atoms with Crippen LogP contribution in [-0.4, -0.2) is 67.5 Å². The van der Waals surface area contributed by atoms with Crippen LogP contribution in [0.2, 0.25) is 0 Å². The Labute approximate surface area is 251 Å². The molecule has 0 aromatic rings. The van der Waals surface area contributed by atoms with Crippen LogP contribution in [0.4, 0.5) is 0 Å². The second-order valence-electron chi connectivity index (χ2n) is 11.0. The molecule has 0 bridgehead atoms. The van der Waals surface area contributed by atoms with E-state index in [-0.39, 0.29) is 91.2 Å². The van der Waals surface area contributed by atoms with Crippen molar-refractivity contribution in [3.8, 4) is 0 Å². The van der Waals surface area contributed by atoms with Crippen LogP contribution in [0.1, 0.15) is 104 Å². The molecule has 0 heterocycles. The van der Waals surface area contributed by atoms with Crippen molar-refractivity contribution in [2.24, 2.45) is 50.7 Å². The molecule has 0 amide bonds. The van der Waals surface area contributed by atoms with E-state index in [2.05, 4.69) is 15.3 Å². The number of rotatable bonds is 27. The molecule has 0 aromatic heterocycles. The van der Waals surface area contributed by atoms with Crippen LogP contribution in [0.3, 0.4) is 0 Å². The highest BCUT2D eigenvalue weighted by Gasteiger charge is 2.26. The third kappa shape index (κ3) is 19.8. The molecule has 0 saturated carbocycles. The molecule has 0 aliphatic carbocycles. The number of nitrogens with zero attached hydrogens (tertiary/aromatic N) is 2. The topological polar surface area (TPSA) is 226 Å². The summed E-state index contributed by atoms with van der Waals surface area (Å²) in [6.07, 6.45) is 5.67. The second kappa shape index (κ2) is 23.4. The lowest BCUT2D eigenvalue weighted by Gasteiger charge is -2.19. The monoisotopic (exact) mass is 593 g/mol. The molecule has 42 heavy (non-hydrogen) atoms. The number of unbranched alkanes of at least 4 members (excludes halogenated alkanes) is 1. The van der Waals surface area contributed by atoms with E-state index in [4.69, 9.17) is 22.9 Å². The summed E-state index contributed by atoms with van der Waals surface area (Å²) in [5.41, 5.74) is 21.4. The first-order chi connectivity index (χ1) is 19.9. The molecule has 9 N–H and O–H groups in total. The number of carbonyl (C=O) groups is 5. The van der Waals surface area contributed by atoms with Gasteiger partial charge in [0.15, 0.2) is 11.9 Å². The molecule has 0 aliphatic rings. The van der Waals surface area contributed by atoms with E-state index in [0.717, 1.165) is 19.4 Å². The van der Waals surface area contributed by atoms with Crippen molar-refractivity contribution >= 4 is 40.8 Å². The Morgan fingerprint density at radius 2 is 1.17 bits per heavy atom. The van der Waals surface area contributed by atoms with Crippen LogP contribution >= 0.6 is 0 Å². The molecule has 3 unspecified atom stereocenters. The van der Waals surface area contributed by atoms with Crippen LogP contribution in [0.5, 0.6) is 0 Å². The van der Waals surface area contributed by atoms with Crippen LogP contribution in [0, 0.1) is 17.8 Å². The highest BCUT2D eigenvalue weighted by Crippen LogP contribution is 2.23. The lowest BCUT2D eigenvalue weighted by atomic mass is 9.84. The van der Waals surface area contributed by atoms with Gasteiger partial charge in [0, 0.05) is 69.4 Å². The molecule has 0 radical (unpaired) electrons. The maximum atomic E-state index is 13.2. The number of ketones is 5. The summed E-state index contributed by atoms with van der Waals surface area (Å²) in [6.45, 7) is 5.06. The molecule has 3 atom stereocenters. The van der Waals surface area contributed by atoms with Gasteiger partial charge in [-0.15, -0.1) is 0 Å². The molecule has 0 aliphatic heterocycles. The van der Waals surface area contributed by atoms with Crippen molar-refractivity contribution in [1.29, 1.82) is 0 Å². The number of Topliss-reactive ketones (excluding diaryl/α,β-unsaturated/α-hetero) is 5. The SMILES string of the molecule is CCC(CCCN=C(N)N)C(=O)CCC(=O)CCC(=O)CC(CCCN=C(N)N)C(=O)CC(CCCCNC)C(C)=O. The summed E-state index contributed by atoms with van der Waals surface area (Å²) < 4.78 is 0. The number of hydrogen-bond acceptors (Lipinski definition) is 8. The zero-order valence-corrected chi connectivity index (χ0v) is 26.0. The Kier molecular flexibility index (Phi) is 21.7. The van der Waals surface area contributed by atoms with Gasteiger partial charge in [0.25, 0.3) is 0 Å². The number of hydrogen-bond donors (Lipinski definition) is 5. The Bertz CT molecular complexity index is 912. The molecule has 0 saturated heterocycles. The summed E-state index contributed by atoms with van der Waals surface area (Å²) in [7, 11) is 1.87. The maximum absolute atomic E-state index is 13.2. The van der Waals surface area contributed by atoms with Gasteiger partial charge in [-0.1, -0.05) is 13.3 Å². The third-order valence-corrected chi connectivity index (χ3v) is 7.47. The van der Waals surface area contributed by atoms with Crippen molar-refractivity contribution in [1.82, 2.24) is 5.32 Å². The normalized spacial score (nSPS) is 13.0. The molecule has 12 heteroatoms. The van der Waals surface area contributed by atoms with E-state index in [0.29, 0.717) is 51.6 Å². The summed E-state index contributed by atoms with van der Waals surface area (Å²) in [5.74, 6) is -1.57. The van der Waals surface area contributed by atoms with Crippen molar-refractivity contribution in [2.75, 3.05) is 26.7 Å². The highest BCUT2D eigenvalue weighted by molar-refractivity contribution is 5.93. The van der Waals surface area contributed by atoms with Crippen molar-refractivity contribution in [3.05, 3.63) is 0 Å². The van der Waals surface area contributed by atoms with E-state index in [1.54, 1.807) is 0 Å². The van der Waals surface area contributed by atoms with Gasteiger partial charge in [0.2, 0.25) is 0 Å². The van der Waals surface area contributed by atoms with Gasteiger partial charge in [-0.05, 0) is 65.5 Å². The Hall–Kier alpha value is -3.15. The molecule has 240 valence electrons. The maximum Gasteiger partial charge on any atom is 0.185 e. The average Bonchev–Trinajstić information content (AvgIpc) is 2.93. The van der Waals surface area contributed by atoms with E-state index in [1.165, 1.54) is 6.92 Å². The first kappa shape index (κ1) is 38.9. The highest BCUT2D eigenvalue weighted by atomic mass is 16.1. The Morgan fingerprint density at radius 1 is 0.643 bits per heavy atom. The van der Waals surface area contributed by atoms with Crippen molar-refractivity contribution in [2.45, 2.75) is 104 Å². The minimum atomic E-state index is -0.563. The smallest absolute Gasteiger partial charge is 0.185 e. The molecular weight excluding hydrogens is 538 g/mol. The third-order valence-electron chi connectivity index (χ3n) is 7.47. The second-order valence-corrected chi connectivity index (χ2v) is 11.0. The fraction of sp³-hybridized carbons (Fsp3) is 0.767. The lowest BCUT2D eigenvalue weighted by molar-refractivity contribution is -0.132. The molecule has 0 spiro atoms. The number of nitrogens with one attached hydrogen (secondary N) is 1. The van der Waals surface area contributed by atoms with Gasteiger partial charge < -0.3 is 28.3 Å². The predicted octanol–water partition coefficient (Wildman–Crippen LogP) is 1.95. The number of guanidine groups is 2. The van der Waals surface area contributed by atoms with E-state index in [1.807, 2.05) is 14.0 Å². The molecular formula is C30H55N7O5. The van der Waals surface area contributed by atoms with Gasteiger partial charge in [0.1, 0.15) is 28.9 Å². The zero-order valence-electron chi connectivity index (χ0n) is 26.0. The Balaban J connectivity index is 4.93. The van der Waals surface area contributed by atoms with Gasteiger partial charge >= 0.3 is 0 Å². The molecule has 0 aromatic carbocycles. The minimum Gasteiger partial charge on any atom is -0.370 e. The number of carbonyl (C=O) groups excluding carboxylic acids is 5. The van der Waals surface area contributed by atoms with Gasteiger partial charge in [0.05, 0.1) is 0 Å². The quantitative estimate of drug-likeness (QED) is 0.0528. The van der Waals surface area contributed by atoms with E-state index >= 15 is 0 Å².